The topological polar surface area (TPSA) is 75.8 Å². The van der Waals surface area contributed by atoms with Gasteiger partial charge in [0.05, 0.1) is 6.10 Å². The zero-order chi connectivity index (χ0) is 14.6. The van der Waals surface area contributed by atoms with Crippen molar-refractivity contribution in [3.05, 3.63) is 0 Å². The summed E-state index contributed by atoms with van der Waals surface area (Å²) in [4.78, 5) is 14.0. The van der Waals surface area contributed by atoms with Gasteiger partial charge in [0, 0.05) is 18.6 Å². The molecule has 3 N–H and O–H groups in total. The zero-order valence-electron chi connectivity index (χ0n) is 12.6. The van der Waals surface area contributed by atoms with Crippen molar-refractivity contribution < 1.29 is 14.6 Å². The van der Waals surface area contributed by atoms with Gasteiger partial charge in [-0.1, -0.05) is 6.92 Å². The first kappa shape index (κ1) is 16.2. The Hall–Kier alpha value is -0.810. The van der Waals surface area contributed by atoms with E-state index in [1.807, 2.05) is 27.7 Å². The van der Waals surface area contributed by atoms with Gasteiger partial charge in [0.2, 0.25) is 0 Å². The molecule has 19 heavy (non-hydrogen) atoms. The molecule has 1 aliphatic heterocycles. The molecule has 112 valence electrons. The first-order chi connectivity index (χ1) is 8.78. The lowest BCUT2D eigenvalue weighted by Crippen LogP contribution is -2.47. The minimum absolute atomic E-state index is 0.0314. The quantitative estimate of drug-likeness (QED) is 0.819. The monoisotopic (exact) mass is 272 g/mol. The van der Waals surface area contributed by atoms with E-state index in [2.05, 4.69) is 0 Å². The highest BCUT2D eigenvalue weighted by Crippen LogP contribution is 2.29. The van der Waals surface area contributed by atoms with E-state index in [0.717, 1.165) is 12.8 Å². The van der Waals surface area contributed by atoms with Crippen molar-refractivity contribution >= 4 is 6.09 Å². The second-order valence-electron chi connectivity index (χ2n) is 6.31. The number of carbonyl (C=O) groups is 1. The number of ether oxygens (including phenoxy) is 1. The molecule has 1 aliphatic rings. The first-order valence-corrected chi connectivity index (χ1v) is 7.18. The van der Waals surface area contributed by atoms with Gasteiger partial charge >= 0.3 is 6.09 Å². The Kier molecular flexibility index (Phi) is 5.62. The highest BCUT2D eigenvalue weighted by atomic mass is 16.6. The van der Waals surface area contributed by atoms with Crippen LogP contribution in [0.1, 0.15) is 53.4 Å². The SMILES string of the molecule is CCC(O)C[C@@H]1CC[C@H](CN)N1C(=O)OC(C)(C)C. The Balaban J connectivity index is 2.74. The molecular weight excluding hydrogens is 244 g/mol. The molecule has 1 heterocycles. The summed E-state index contributed by atoms with van der Waals surface area (Å²) in [6.45, 7) is 7.95. The van der Waals surface area contributed by atoms with Crippen LogP contribution in [-0.4, -0.2) is 46.4 Å². The molecule has 1 rings (SSSR count). The smallest absolute Gasteiger partial charge is 0.410 e. The Morgan fingerprint density at radius 1 is 1.42 bits per heavy atom. The predicted molar refractivity (Wildman–Crippen MR) is 74.9 cm³/mol. The summed E-state index contributed by atoms with van der Waals surface area (Å²) in [7, 11) is 0. The number of amides is 1. The maximum absolute atomic E-state index is 12.3. The van der Waals surface area contributed by atoms with Crippen molar-refractivity contribution in [1.82, 2.24) is 4.90 Å². The van der Waals surface area contributed by atoms with Crippen LogP contribution in [0.2, 0.25) is 0 Å². The normalized spacial score (nSPS) is 25.5. The summed E-state index contributed by atoms with van der Waals surface area (Å²) in [6, 6.07) is 0.0715. The maximum atomic E-state index is 12.3. The summed E-state index contributed by atoms with van der Waals surface area (Å²) in [6.07, 6.45) is 2.40. The van der Waals surface area contributed by atoms with E-state index in [4.69, 9.17) is 10.5 Å². The highest BCUT2D eigenvalue weighted by molar-refractivity contribution is 5.69. The number of nitrogens with zero attached hydrogens (tertiary/aromatic N) is 1. The molecule has 5 heteroatoms. The second kappa shape index (κ2) is 6.57. The third-order valence-corrected chi connectivity index (χ3v) is 3.51. The van der Waals surface area contributed by atoms with E-state index in [0.29, 0.717) is 19.4 Å². The molecule has 0 aromatic rings. The average molecular weight is 272 g/mol. The Morgan fingerprint density at radius 3 is 2.47 bits per heavy atom. The summed E-state index contributed by atoms with van der Waals surface area (Å²) < 4.78 is 5.45. The minimum atomic E-state index is -0.507. The summed E-state index contributed by atoms with van der Waals surface area (Å²) in [5, 5.41) is 9.80. The lowest BCUT2D eigenvalue weighted by molar-refractivity contribution is 0.0100. The third kappa shape index (κ3) is 4.66. The van der Waals surface area contributed by atoms with Gasteiger partial charge in [-0.2, -0.15) is 0 Å². The Bertz CT molecular complexity index is 302. The van der Waals surface area contributed by atoms with E-state index in [1.165, 1.54) is 0 Å². The summed E-state index contributed by atoms with van der Waals surface area (Å²) in [5.41, 5.74) is 5.23. The summed E-state index contributed by atoms with van der Waals surface area (Å²) >= 11 is 0. The molecule has 1 fully saturated rings. The van der Waals surface area contributed by atoms with Crippen molar-refractivity contribution in [2.24, 2.45) is 5.73 Å². The molecular formula is C14H28N2O3. The number of aliphatic hydroxyl groups is 1. The summed E-state index contributed by atoms with van der Waals surface area (Å²) in [5.74, 6) is 0. The van der Waals surface area contributed by atoms with Crippen LogP contribution >= 0.6 is 0 Å². The van der Waals surface area contributed by atoms with Crippen molar-refractivity contribution in [1.29, 1.82) is 0 Å². The Morgan fingerprint density at radius 2 is 2.00 bits per heavy atom. The van der Waals surface area contributed by atoms with E-state index >= 15 is 0 Å². The van der Waals surface area contributed by atoms with Gasteiger partial charge in [-0.15, -0.1) is 0 Å². The molecule has 0 aromatic carbocycles. The Labute approximate surface area is 116 Å². The maximum Gasteiger partial charge on any atom is 0.410 e. The third-order valence-electron chi connectivity index (χ3n) is 3.51. The van der Waals surface area contributed by atoms with E-state index in [-0.39, 0.29) is 24.3 Å². The fourth-order valence-electron chi connectivity index (χ4n) is 2.52. The van der Waals surface area contributed by atoms with Gasteiger partial charge in [0.25, 0.3) is 0 Å². The number of carbonyl (C=O) groups excluding carboxylic acids is 1. The van der Waals surface area contributed by atoms with Crippen molar-refractivity contribution in [3.8, 4) is 0 Å². The lowest BCUT2D eigenvalue weighted by atomic mass is 10.1. The van der Waals surface area contributed by atoms with Crippen LogP contribution in [0.25, 0.3) is 0 Å². The number of likely N-dealkylation sites (tertiary alicyclic amines) is 1. The molecule has 0 saturated carbocycles. The number of hydrogen-bond acceptors (Lipinski definition) is 4. The molecule has 1 amide bonds. The molecule has 1 unspecified atom stereocenters. The average Bonchev–Trinajstić information content (AvgIpc) is 2.69. The van der Waals surface area contributed by atoms with Crippen LogP contribution in [0.5, 0.6) is 0 Å². The minimum Gasteiger partial charge on any atom is -0.444 e. The van der Waals surface area contributed by atoms with Gasteiger partial charge in [-0.05, 0) is 46.5 Å². The molecule has 5 nitrogen and oxygen atoms in total. The molecule has 0 aromatic heterocycles. The van der Waals surface area contributed by atoms with Gasteiger partial charge < -0.3 is 20.5 Å². The molecule has 0 bridgehead atoms. The van der Waals surface area contributed by atoms with Crippen molar-refractivity contribution in [2.75, 3.05) is 6.54 Å². The largest absolute Gasteiger partial charge is 0.444 e. The van der Waals surface area contributed by atoms with Crippen molar-refractivity contribution in [3.63, 3.8) is 0 Å². The lowest BCUT2D eigenvalue weighted by Gasteiger charge is -2.33. The van der Waals surface area contributed by atoms with Gasteiger partial charge in [-0.25, -0.2) is 4.79 Å². The van der Waals surface area contributed by atoms with Gasteiger partial charge in [-0.3, -0.25) is 0 Å². The van der Waals surface area contributed by atoms with Gasteiger partial charge in [0.1, 0.15) is 5.60 Å². The second-order valence-corrected chi connectivity index (χ2v) is 6.31. The molecule has 3 atom stereocenters. The van der Waals surface area contributed by atoms with Crippen LogP contribution in [0.3, 0.4) is 0 Å². The first-order valence-electron chi connectivity index (χ1n) is 7.18. The molecule has 0 spiro atoms. The number of nitrogens with two attached hydrogens (primary N) is 1. The van der Waals surface area contributed by atoms with Crippen LogP contribution in [-0.2, 0) is 4.74 Å². The van der Waals surface area contributed by atoms with Crippen LogP contribution in [0, 0.1) is 0 Å². The number of hydrogen-bond donors (Lipinski definition) is 2. The van der Waals surface area contributed by atoms with Crippen LogP contribution in [0.4, 0.5) is 4.79 Å². The zero-order valence-corrected chi connectivity index (χ0v) is 12.6. The number of aliphatic hydroxyl groups excluding tert-OH is 1. The number of rotatable bonds is 4. The van der Waals surface area contributed by atoms with E-state index in [9.17, 15) is 9.90 Å². The van der Waals surface area contributed by atoms with E-state index in [1.54, 1.807) is 4.90 Å². The molecule has 0 aliphatic carbocycles. The predicted octanol–water partition coefficient (Wildman–Crippen LogP) is 1.87. The fraction of sp³-hybridized carbons (Fsp3) is 0.929. The molecule has 1 saturated heterocycles. The fourth-order valence-corrected chi connectivity index (χ4v) is 2.52. The van der Waals surface area contributed by atoms with E-state index < -0.39 is 5.60 Å². The standard InChI is InChI=1S/C14H28N2O3/c1-5-12(17)8-10-6-7-11(9-15)16(10)13(18)19-14(2,3)4/h10-12,17H,5-9,15H2,1-4H3/t10-,11+,12?/m0/s1. The van der Waals surface area contributed by atoms with Crippen LogP contribution < -0.4 is 5.73 Å². The van der Waals surface area contributed by atoms with Crippen LogP contribution in [0.15, 0.2) is 0 Å². The highest BCUT2D eigenvalue weighted by Gasteiger charge is 2.39. The molecule has 0 radical (unpaired) electrons. The van der Waals surface area contributed by atoms with Gasteiger partial charge in [0.15, 0.2) is 0 Å². The van der Waals surface area contributed by atoms with Crippen molar-refractivity contribution in [2.45, 2.75) is 77.2 Å².